The number of thiazole rings is 1. The van der Waals surface area contributed by atoms with Gasteiger partial charge in [0, 0.05) is 17.5 Å². The molecule has 0 N–H and O–H groups in total. The Morgan fingerprint density at radius 1 is 1.28 bits per heavy atom. The van der Waals surface area contributed by atoms with Crippen LogP contribution < -0.4 is 0 Å². The molecule has 0 aliphatic rings. The topological polar surface area (TPSA) is 57.0 Å². The Kier molecular flexibility index (Phi) is 5.34. The number of esters is 1. The molecule has 0 bridgehead atoms. The second-order valence-corrected chi connectivity index (χ2v) is 8.16. The lowest BCUT2D eigenvalue weighted by molar-refractivity contribution is -0.144. The van der Waals surface area contributed by atoms with Crippen LogP contribution in [0.1, 0.15) is 16.1 Å². The number of aromatic nitrogens is 3. The van der Waals surface area contributed by atoms with Gasteiger partial charge in [0.1, 0.15) is 17.4 Å². The molecule has 0 aliphatic heterocycles. The monoisotopic (exact) mass is 429 g/mol. The number of hydrogen-bond acceptors (Lipinski definition) is 5. The first-order valence-electron chi connectivity index (χ1n) is 8.88. The zero-order valence-electron chi connectivity index (χ0n) is 15.8. The zero-order chi connectivity index (χ0) is 20.5. The van der Waals surface area contributed by atoms with Gasteiger partial charge >= 0.3 is 5.97 Å². The predicted octanol–water partition coefficient (Wildman–Crippen LogP) is 5.08. The van der Waals surface area contributed by atoms with Crippen molar-refractivity contribution in [2.24, 2.45) is 7.05 Å². The van der Waals surface area contributed by atoms with Gasteiger partial charge in [0.25, 0.3) is 0 Å². The second kappa shape index (κ2) is 7.93. The summed E-state index contributed by atoms with van der Waals surface area (Å²) in [6.45, 7) is 2.01. The molecule has 0 atom stereocenters. The summed E-state index contributed by atoms with van der Waals surface area (Å²) in [4.78, 5) is 21.9. The summed E-state index contributed by atoms with van der Waals surface area (Å²) in [6.07, 6.45) is 1.87. The lowest BCUT2D eigenvalue weighted by atomic mass is 10.2. The highest BCUT2D eigenvalue weighted by Gasteiger charge is 2.16. The van der Waals surface area contributed by atoms with E-state index in [9.17, 15) is 9.18 Å². The van der Waals surface area contributed by atoms with E-state index in [1.807, 2.05) is 36.7 Å². The molecule has 0 radical (unpaired) electrons. The van der Waals surface area contributed by atoms with E-state index in [1.54, 1.807) is 12.4 Å². The van der Waals surface area contributed by atoms with Crippen molar-refractivity contribution in [3.63, 3.8) is 0 Å². The van der Waals surface area contributed by atoms with Crippen molar-refractivity contribution in [3.8, 4) is 10.6 Å². The highest BCUT2D eigenvalue weighted by atomic mass is 35.5. The van der Waals surface area contributed by atoms with E-state index in [2.05, 4.69) is 9.97 Å². The Bertz CT molecular complexity index is 1220. The quantitative estimate of drug-likeness (QED) is 0.415. The molecule has 29 heavy (non-hydrogen) atoms. The fourth-order valence-corrected chi connectivity index (χ4v) is 4.39. The molecule has 0 unspecified atom stereocenters. The van der Waals surface area contributed by atoms with Crippen LogP contribution in [-0.4, -0.2) is 20.5 Å². The van der Waals surface area contributed by atoms with Crippen molar-refractivity contribution in [2.75, 3.05) is 0 Å². The number of ether oxygens (including phenoxy) is 1. The Morgan fingerprint density at radius 2 is 2.10 bits per heavy atom. The molecular weight excluding hydrogens is 413 g/mol. The van der Waals surface area contributed by atoms with Crippen LogP contribution in [0.4, 0.5) is 4.39 Å². The van der Waals surface area contributed by atoms with Gasteiger partial charge in [-0.25, -0.2) is 14.4 Å². The number of benzene rings is 2. The summed E-state index contributed by atoms with van der Waals surface area (Å²) in [5, 5.41) is 0.939. The molecule has 4 rings (SSSR count). The number of carbonyl (C=O) groups excluding carboxylic acids is 1. The number of halogens is 2. The molecule has 5 nitrogen and oxygen atoms in total. The summed E-state index contributed by atoms with van der Waals surface area (Å²) >= 11 is 7.48. The van der Waals surface area contributed by atoms with E-state index in [-0.39, 0.29) is 24.0 Å². The first-order valence-corrected chi connectivity index (χ1v) is 10.1. The van der Waals surface area contributed by atoms with Crippen LogP contribution in [0.5, 0.6) is 0 Å². The SMILES string of the molecule is Cc1nc(-c2ccc(F)cc2Cl)sc1CC(=O)OCc1ccc2c(c1)ncn2C. The van der Waals surface area contributed by atoms with Crippen molar-refractivity contribution in [3.05, 3.63) is 69.7 Å². The van der Waals surface area contributed by atoms with E-state index in [0.29, 0.717) is 10.6 Å². The largest absolute Gasteiger partial charge is 0.461 e. The van der Waals surface area contributed by atoms with Crippen LogP contribution in [0, 0.1) is 12.7 Å². The molecular formula is C21H17ClFN3O2S. The van der Waals surface area contributed by atoms with Crippen molar-refractivity contribution in [1.29, 1.82) is 0 Å². The molecule has 8 heteroatoms. The lowest BCUT2D eigenvalue weighted by Gasteiger charge is -2.05. The van der Waals surface area contributed by atoms with Crippen molar-refractivity contribution in [2.45, 2.75) is 20.0 Å². The maximum Gasteiger partial charge on any atom is 0.311 e. The standard InChI is InChI=1S/C21H17ClFN3O2S/c1-12-19(29-21(25-12)15-5-4-14(23)8-16(15)22)9-20(27)28-10-13-3-6-18-17(7-13)24-11-26(18)2/h3-8,11H,9-10H2,1-2H3. The molecule has 0 saturated heterocycles. The van der Waals surface area contributed by atoms with E-state index < -0.39 is 5.82 Å². The second-order valence-electron chi connectivity index (χ2n) is 6.67. The summed E-state index contributed by atoms with van der Waals surface area (Å²) in [5.41, 5.74) is 4.14. The minimum atomic E-state index is -0.403. The Hall–Kier alpha value is -2.77. The number of hydrogen-bond donors (Lipinski definition) is 0. The van der Waals surface area contributed by atoms with Gasteiger partial charge in [-0.1, -0.05) is 17.7 Å². The normalized spacial score (nSPS) is 11.2. The minimum absolute atomic E-state index is 0.119. The molecule has 148 valence electrons. The van der Waals surface area contributed by atoms with Crippen molar-refractivity contribution < 1.29 is 13.9 Å². The fourth-order valence-electron chi connectivity index (χ4n) is 2.99. The average Bonchev–Trinajstić information content (AvgIpc) is 3.23. The molecule has 2 aromatic heterocycles. The van der Waals surface area contributed by atoms with Gasteiger partial charge in [-0.05, 0) is 42.8 Å². The third-order valence-electron chi connectivity index (χ3n) is 4.55. The zero-order valence-corrected chi connectivity index (χ0v) is 17.4. The van der Waals surface area contributed by atoms with Crippen LogP contribution in [0.25, 0.3) is 21.6 Å². The molecule has 0 saturated carbocycles. The number of nitrogens with zero attached hydrogens (tertiary/aromatic N) is 3. The van der Waals surface area contributed by atoms with Crippen LogP contribution in [0.15, 0.2) is 42.7 Å². The lowest BCUT2D eigenvalue weighted by Crippen LogP contribution is -2.07. The van der Waals surface area contributed by atoms with Gasteiger partial charge in [-0.2, -0.15) is 0 Å². The van der Waals surface area contributed by atoms with Gasteiger partial charge in [-0.15, -0.1) is 11.3 Å². The molecule has 0 amide bonds. The van der Waals surface area contributed by atoms with E-state index in [0.717, 1.165) is 27.2 Å². The highest BCUT2D eigenvalue weighted by molar-refractivity contribution is 7.15. The summed E-state index contributed by atoms with van der Waals surface area (Å²) in [7, 11) is 1.93. The smallest absolute Gasteiger partial charge is 0.311 e. The highest BCUT2D eigenvalue weighted by Crippen LogP contribution is 2.33. The Labute approximate surface area is 175 Å². The van der Waals surface area contributed by atoms with Crippen LogP contribution in [-0.2, 0) is 29.6 Å². The van der Waals surface area contributed by atoms with Gasteiger partial charge in [0.15, 0.2) is 0 Å². The molecule has 0 aliphatic carbocycles. The molecule has 2 aromatic carbocycles. The molecule has 2 heterocycles. The van der Waals surface area contributed by atoms with Crippen LogP contribution in [0.2, 0.25) is 5.02 Å². The summed E-state index contributed by atoms with van der Waals surface area (Å²) in [6, 6.07) is 9.96. The van der Waals surface area contributed by atoms with Gasteiger partial charge < -0.3 is 9.30 Å². The Morgan fingerprint density at radius 3 is 2.90 bits per heavy atom. The number of carbonyl (C=O) groups is 1. The maximum atomic E-state index is 13.3. The number of aryl methyl sites for hydroxylation is 2. The fraction of sp³-hybridized carbons (Fsp3) is 0.190. The first kappa shape index (κ1) is 19.5. The first-order chi connectivity index (χ1) is 13.9. The average molecular weight is 430 g/mol. The van der Waals surface area contributed by atoms with Crippen molar-refractivity contribution in [1.82, 2.24) is 14.5 Å². The molecule has 0 spiro atoms. The molecule has 0 fully saturated rings. The number of imidazole rings is 1. The predicted molar refractivity (Wildman–Crippen MR) is 111 cm³/mol. The minimum Gasteiger partial charge on any atom is -0.461 e. The third-order valence-corrected chi connectivity index (χ3v) is 6.05. The van der Waals surface area contributed by atoms with Gasteiger partial charge in [0.05, 0.1) is 34.5 Å². The van der Waals surface area contributed by atoms with E-state index in [4.69, 9.17) is 16.3 Å². The van der Waals surface area contributed by atoms with Crippen molar-refractivity contribution >= 4 is 39.9 Å². The van der Waals surface area contributed by atoms with E-state index in [1.165, 1.54) is 23.5 Å². The summed E-state index contributed by atoms with van der Waals surface area (Å²) in [5.74, 6) is -0.741. The third kappa shape index (κ3) is 4.16. The maximum absolute atomic E-state index is 13.3. The van der Waals surface area contributed by atoms with E-state index >= 15 is 0 Å². The van der Waals surface area contributed by atoms with Gasteiger partial charge in [0.2, 0.25) is 0 Å². The number of fused-ring (bicyclic) bond motifs is 1. The van der Waals surface area contributed by atoms with Gasteiger partial charge in [-0.3, -0.25) is 4.79 Å². The molecule has 4 aromatic rings. The van der Waals surface area contributed by atoms with Crippen LogP contribution in [0.3, 0.4) is 0 Å². The Balaban J connectivity index is 1.43. The number of rotatable bonds is 5. The summed E-state index contributed by atoms with van der Waals surface area (Å²) < 4.78 is 20.6. The van der Waals surface area contributed by atoms with Crippen LogP contribution >= 0.6 is 22.9 Å².